The summed E-state index contributed by atoms with van der Waals surface area (Å²) in [6.45, 7) is 0. The molecule has 1 N–H and O–H groups in total. The summed E-state index contributed by atoms with van der Waals surface area (Å²) in [4.78, 5) is 11.7. The van der Waals surface area contributed by atoms with Crippen molar-refractivity contribution in [2.45, 2.75) is 0 Å². The van der Waals surface area contributed by atoms with Crippen LogP contribution in [0.15, 0.2) is 22.7 Å². The third kappa shape index (κ3) is 3.28. The SMILES string of the molecule is CNc1nc(OC)nc(Oc2ccc(Br)cc2F)n1. The molecule has 6 nitrogen and oxygen atoms in total. The second-order valence-electron chi connectivity index (χ2n) is 3.36. The topological polar surface area (TPSA) is 69.2 Å². The van der Waals surface area contributed by atoms with Gasteiger partial charge in [0.05, 0.1) is 7.11 Å². The predicted molar refractivity (Wildman–Crippen MR) is 70.1 cm³/mol. The third-order valence-electron chi connectivity index (χ3n) is 2.10. The summed E-state index contributed by atoms with van der Waals surface area (Å²) in [7, 11) is 3.05. The molecule has 0 aliphatic heterocycles. The molecule has 0 aliphatic rings. The first kappa shape index (κ1) is 13.5. The highest BCUT2D eigenvalue weighted by molar-refractivity contribution is 9.10. The molecule has 0 saturated carbocycles. The summed E-state index contributed by atoms with van der Waals surface area (Å²) < 4.78 is 24.4. The molecule has 1 heterocycles. The number of rotatable bonds is 4. The molecule has 0 radical (unpaired) electrons. The van der Waals surface area contributed by atoms with Gasteiger partial charge in [0.25, 0.3) is 0 Å². The second kappa shape index (κ2) is 5.79. The minimum atomic E-state index is -0.528. The van der Waals surface area contributed by atoms with Crippen LogP contribution in [-0.4, -0.2) is 29.1 Å². The number of nitrogens with one attached hydrogen (secondary N) is 1. The minimum absolute atomic E-state index is 0.0125. The highest BCUT2D eigenvalue weighted by Gasteiger charge is 2.11. The van der Waals surface area contributed by atoms with Crippen molar-refractivity contribution in [1.82, 2.24) is 15.0 Å². The first-order chi connectivity index (χ1) is 9.12. The van der Waals surface area contributed by atoms with E-state index < -0.39 is 5.82 Å². The molecule has 2 aromatic rings. The molecule has 0 fully saturated rings. The second-order valence-corrected chi connectivity index (χ2v) is 4.27. The number of methoxy groups -OCH3 is 1. The molecule has 1 aromatic carbocycles. The number of hydrogen-bond donors (Lipinski definition) is 1. The van der Waals surface area contributed by atoms with Crippen molar-refractivity contribution in [2.24, 2.45) is 0 Å². The Hall–Kier alpha value is -1.96. The van der Waals surface area contributed by atoms with Crippen molar-refractivity contribution in [1.29, 1.82) is 0 Å². The highest BCUT2D eigenvalue weighted by atomic mass is 79.9. The molecular weight excluding hydrogens is 319 g/mol. The average molecular weight is 329 g/mol. The maximum atomic E-state index is 13.6. The molecule has 0 aliphatic carbocycles. The fourth-order valence-electron chi connectivity index (χ4n) is 1.24. The molecule has 0 bridgehead atoms. The van der Waals surface area contributed by atoms with Crippen molar-refractivity contribution in [3.63, 3.8) is 0 Å². The Bertz CT molecular complexity index is 575. The van der Waals surface area contributed by atoms with Gasteiger partial charge in [0.2, 0.25) is 5.95 Å². The zero-order valence-electron chi connectivity index (χ0n) is 10.1. The predicted octanol–water partition coefficient (Wildman–Crippen LogP) is 2.62. The minimum Gasteiger partial charge on any atom is -0.467 e. The van der Waals surface area contributed by atoms with Crippen LogP contribution in [0.5, 0.6) is 17.8 Å². The maximum absolute atomic E-state index is 13.6. The van der Waals surface area contributed by atoms with E-state index in [0.29, 0.717) is 4.47 Å². The molecule has 0 amide bonds. The average Bonchev–Trinajstić information content (AvgIpc) is 2.41. The van der Waals surface area contributed by atoms with Crippen LogP contribution in [0.2, 0.25) is 0 Å². The van der Waals surface area contributed by atoms with Crippen molar-refractivity contribution in [3.05, 3.63) is 28.5 Å². The Balaban J connectivity index is 2.31. The van der Waals surface area contributed by atoms with E-state index in [0.717, 1.165) is 0 Å². The van der Waals surface area contributed by atoms with Gasteiger partial charge in [0.1, 0.15) is 0 Å². The smallest absolute Gasteiger partial charge is 0.330 e. The first-order valence-electron chi connectivity index (χ1n) is 5.23. The van der Waals surface area contributed by atoms with Gasteiger partial charge in [0.15, 0.2) is 11.6 Å². The molecule has 100 valence electrons. The normalized spacial score (nSPS) is 10.1. The highest BCUT2D eigenvalue weighted by Crippen LogP contribution is 2.25. The number of ether oxygens (including phenoxy) is 2. The Morgan fingerprint density at radius 1 is 1.21 bits per heavy atom. The van der Waals surface area contributed by atoms with Gasteiger partial charge in [-0.05, 0) is 18.2 Å². The molecule has 2 rings (SSSR count). The number of anilines is 1. The molecular formula is C11H10BrFN4O2. The van der Waals surface area contributed by atoms with Gasteiger partial charge in [-0.1, -0.05) is 15.9 Å². The summed E-state index contributed by atoms with van der Waals surface area (Å²) in [5.41, 5.74) is 0. The Morgan fingerprint density at radius 2 is 1.95 bits per heavy atom. The monoisotopic (exact) mass is 328 g/mol. The molecule has 1 aromatic heterocycles. The quantitative estimate of drug-likeness (QED) is 0.930. The largest absolute Gasteiger partial charge is 0.467 e. The van der Waals surface area contributed by atoms with Gasteiger partial charge in [-0.3, -0.25) is 0 Å². The van der Waals surface area contributed by atoms with Crippen LogP contribution in [0, 0.1) is 5.82 Å². The third-order valence-corrected chi connectivity index (χ3v) is 2.59. The fourth-order valence-corrected chi connectivity index (χ4v) is 1.58. The molecule has 19 heavy (non-hydrogen) atoms. The van der Waals surface area contributed by atoms with Gasteiger partial charge < -0.3 is 14.8 Å². The lowest BCUT2D eigenvalue weighted by atomic mass is 10.3. The molecule has 8 heteroatoms. The summed E-state index contributed by atoms with van der Waals surface area (Å²) in [6, 6.07) is 4.42. The van der Waals surface area contributed by atoms with Crippen LogP contribution < -0.4 is 14.8 Å². The van der Waals surface area contributed by atoms with Crippen LogP contribution in [0.1, 0.15) is 0 Å². The van der Waals surface area contributed by atoms with E-state index in [2.05, 4.69) is 36.2 Å². The number of benzene rings is 1. The zero-order chi connectivity index (χ0) is 13.8. The molecule has 0 saturated heterocycles. The van der Waals surface area contributed by atoms with Gasteiger partial charge in [-0.25, -0.2) is 4.39 Å². The molecule has 0 unspecified atom stereocenters. The molecule has 0 atom stereocenters. The number of halogens is 2. The van der Waals surface area contributed by atoms with Crippen molar-refractivity contribution >= 4 is 21.9 Å². The van der Waals surface area contributed by atoms with Gasteiger partial charge in [0, 0.05) is 11.5 Å². The summed E-state index contributed by atoms with van der Waals surface area (Å²) in [5.74, 6) is -0.252. The van der Waals surface area contributed by atoms with Gasteiger partial charge >= 0.3 is 12.0 Å². The zero-order valence-corrected chi connectivity index (χ0v) is 11.7. The van der Waals surface area contributed by atoms with Crippen LogP contribution in [0.4, 0.5) is 10.3 Å². The van der Waals surface area contributed by atoms with E-state index in [1.54, 1.807) is 13.1 Å². The van der Waals surface area contributed by atoms with Gasteiger partial charge in [-0.2, -0.15) is 9.97 Å². The lowest BCUT2D eigenvalue weighted by Gasteiger charge is -2.07. The summed E-state index contributed by atoms with van der Waals surface area (Å²) >= 11 is 3.16. The Kier molecular flexibility index (Phi) is 4.10. The van der Waals surface area contributed by atoms with E-state index >= 15 is 0 Å². The maximum Gasteiger partial charge on any atom is 0.330 e. The van der Waals surface area contributed by atoms with E-state index in [1.165, 1.54) is 19.2 Å². The van der Waals surface area contributed by atoms with Crippen LogP contribution in [0.3, 0.4) is 0 Å². The Labute approximate surface area is 117 Å². The summed E-state index contributed by atoms with van der Waals surface area (Å²) in [5, 5.41) is 2.73. The van der Waals surface area contributed by atoms with Crippen molar-refractivity contribution in [2.75, 3.05) is 19.5 Å². The number of nitrogens with zero attached hydrogens (tertiary/aromatic N) is 3. The number of aromatic nitrogens is 3. The van der Waals surface area contributed by atoms with E-state index in [9.17, 15) is 4.39 Å². The number of hydrogen-bond acceptors (Lipinski definition) is 6. The lowest BCUT2D eigenvalue weighted by molar-refractivity contribution is 0.355. The fraction of sp³-hybridized carbons (Fsp3) is 0.182. The summed E-state index contributed by atoms with van der Waals surface area (Å²) in [6.07, 6.45) is 0. The van der Waals surface area contributed by atoms with Crippen LogP contribution in [0.25, 0.3) is 0 Å². The van der Waals surface area contributed by atoms with Gasteiger partial charge in [-0.15, -0.1) is 4.98 Å². The first-order valence-corrected chi connectivity index (χ1v) is 6.02. The molecule has 0 spiro atoms. The van der Waals surface area contributed by atoms with E-state index in [-0.39, 0.29) is 23.7 Å². The van der Waals surface area contributed by atoms with E-state index in [1.807, 2.05) is 0 Å². The van der Waals surface area contributed by atoms with Crippen molar-refractivity contribution in [3.8, 4) is 17.8 Å². The lowest BCUT2D eigenvalue weighted by Crippen LogP contribution is -2.03. The standard InChI is InChI=1S/C11H10BrFN4O2/c1-14-9-15-10(18-2)17-11(16-9)19-8-4-3-6(12)5-7(8)13/h3-5H,1-2H3,(H,14,15,16,17). The Morgan fingerprint density at radius 3 is 2.58 bits per heavy atom. The van der Waals surface area contributed by atoms with Crippen molar-refractivity contribution < 1.29 is 13.9 Å². The van der Waals surface area contributed by atoms with Crippen LogP contribution in [-0.2, 0) is 0 Å². The van der Waals surface area contributed by atoms with Crippen LogP contribution >= 0.6 is 15.9 Å². The van der Waals surface area contributed by atoms with E-state index in [4.69, 9.17) is 9.47 Å².